The normalized spacial score (nSPS) is 19.3. The van der Waals surface area contributed by atoms with Gasteiger partial charge >= 0.3 is 0 Å². The number of piperazine rings is 1. The fourth-order valence-electron chi connectivity index (χ4n) is 4.09. The average molecular weight is 426 g/mol. The van der Waals surface area contributed by atoms with Gasteiger partial charge < -0.3 is 14.7 Å². The van der Waals surface area contributed by atoms with Crippen molar-refractivity contribution in [1.29, 1.82) is 0 Å². The maximum Gasteiger partial charge on any atom is 0.230 e. The summed E-state index contributed by atoms with van der Waals surface area (Å²) in [4.78, 5) is 30.6. The predicted octanol–water partition coefficient (Wildman–Crippen LogP) is 3.00. The first-order valence-corrected chi connectivity index (χ1v) is 10.2. The number of halogens is 1. The van der Waals surface area contributed by atoms with E-state index in [1.165, 1.54) is 4.90 Å². The lowest BCUT2D eigenvalue weighted by Gasteiger charge is -2.44. The number of carbonyl (C=O) groups excluding carboxylic acids is 2. The SMILES string of the molecule is CCC(N1CCN(c2cccc(O)c2OC(C)C)CC1)N1C(=O)CCCC1=O.Cl. The zero-order valence-corrected chi connectivity index (χ0v) is 18.3. The zero-order valence-electron chi connectivity index (χ0n) is 17.5. The molecule has 0 aromatic heterocycles. The molecule has 3 rings (SSSR count). The number of ether oxygens (including phenoxy) is 1. The number of para-hydroxylation sites is 1. The van der Waals surface area contributed by atoms with Gasteiger partial charge in [0.25, 0.3) is 0 Å². The molecule has 2 aliphatic heterocycles. The fraction of sp³-hybridized carbons (Fsp3) is 0.619. The summed E-state index contributed by atoms with van der Waals surface area (Å²) in [5.74, 6) is 0.557. The van der Waals surface area contributed by atoms with Crippen LogP contribution in [0.5, 0.6) is 11.5 Å². The van der Waals surface area contributed by atoms with Crippen molar-refractivity contribution in [1.82, 2.24) is 9.80 Å². The number of phenolic OH excluding ortho intramolecular Hbond substituents is 1. The van der Waals surface area contributed by atoms with Crippen LogP contribution in [0.4, 0.5) is 5.69 Å². The van der Waals surface area contributed by atoms with Crippen LogP contribution < -0.4 is 9.64 Å². The van der Waals surface area contributed by atoms with Crippen molar-refractivity contribution >= 4 is 29.9 Å². The first-order valence-electron chi connectivity index (χ1n) is 10.2. The highest BCUT2D eigenvalue weighted by Gasteiger charge is 2.36. The molecule has 1 atom stereocenters. The van der Waals surface area contributed by atoms with Gasteiger partial charge in [0.05, 0.1) is 18.0 Å². The second kappa shape index (κ2) is 10.2. The fourth-order valence-corrected chi connectivity index (χ4v) is 4.09. The van der Waals surface area contributed by atoms with Crippen molar-refractivity contribution < 1.29 is 19.4 Å². The number of hydrogen-bond acceptors (Lipinski definition) is 6. The van der Waals surface area contributed by atoms with E-state index in [0.29, 0.717) is 25.0 Å². The minimum Gasteiger partial charge on any atom is -0.504 e. The first-order chi connectivity index (χ1) is 13.4. The molecule has 7 nitrogen and oxygen atoms in total. The Labute approximate surface area is 179 Å². The van der Waals surface area contributed by atoms with Crippen molar-refractivity contribution in [2.75, 3.05) is 31.1 Å². The highest BCUT2D eigenvalue weighted by molar-refractivity contribution is 5.97. The molecule has 2 heterocycles. The molecule has 0 aliphatic carbocycles. The van der Waals surface area contributed by atoms with E-state index in [4.69, 9.17) is 4.74 Å². The Kier molecular flexibility index (Phi) is 8.16. The number of phenols is 1. The molecular formula is C21H32ClN3O4. The van der Waals surface area contributed by atoms with Crippen molar-refractivity contribution in [2.45, 2.75) is 58.7 Å². The number of amides is 2. The summed E-state index contributed by atoms with van der Waals surface area (Å²) in [6.07, 6.45) is 2.11. The lowest BCUT2D eigenvalue weighted by atomic mass is 10.1. The van der Waals surface area contributed by atoms with Gasteiger partial charge in [-0.3, -0.25) is 19.4 Å². The minimum atomic E-state index is -0.169. The van der Waals surface area contributed by atoms with Crippen LogP contribution in [0.1, 0.15) is 46.5 Å². The van der Waals surface area contributed by atoms with Crippen LogP contribution in [0.2, 0.25) is 0 Å². The van der Waals surface area contributed by atoms with Crippen LogP contribution >= 0.6 is 12.4 Å². The van der Waals surface area contributed by atoms with Crippen LogP contribution in [0, 0.1) is 0 Å². The molecule has 1 aromatic carbocycles. The van der Waals surface area contributed by atoms with E-state index >= 15 is 0 Å². The van der Waals surface area contributed by atoms with E-state index in [0.717, 1.165) is 38.3 Å². The third-order valence-electron chi connectivity index (χ3n) is 5.39. The molecule has 1 N–H and O–H groups in total. The summed E-state index contributed by atoms with van der Waals surface area (Å²) in [6.45, 7) is 8.86. The summed E-state index contributed by atoms with van der Waals surface area (Å²) in [7, 11) is 0. The van der Waals surface area contributed by atoms with Gasteiger partial charge in [-0.2, -0.15) is 0 Å². The van der Waals surface area contributed by atoms with Crippen molar-refractivity contribution in [3.63, 3.8) is 0 Å². The zero-order chi connectivity index (χ0) is 20.3. The molecule has 0 spiro atoms. The maximum absolute atomic E-state index is 12.3. The van der Waals surface area contributed by atoms with Gasteiger partial charge in [-0.25, -0.2) is 0 Å². The molecule has 0 bridgehead atoms. The molecule has 0 radical (unpaired) electrons. The molecule has 0 saturated carbocycles. The van der Waals surface area contributed by atoms with E-state index in [2.05, 4.69) is 9.80 Å². The summed E-state index contributed by atoms with van der Waals surface area (Å²) >= 11 is 0. The number of nitrogens with zero attached hydrogens (tertiary/aromatic N) is 3. The number of likely N-dealkylation sites (tertiary alicyclic amines) is 1. The lowest BCUT2D eigenvalue weighted by Crippen LogP contribution is -2.59. The second-order valence-corrected chi connectivity index (χ2v) is 7.71. The lowest BCUT2D eigenvalue weighted by molar-refractivity contribution is -0.156. The third kappa shape index (κ3) is 5.14. The van der Waals surface area contributed by atoms with Gasteiger partial charge in [0.15, 0.2) is 11.5 Å². The van der Waals surface area contributed by atoms with E-state index in [9.17, 15) is 14.7 Å². The average Bonchev–Trinajstić information content (AvgIpc) is 2.66. The smallest absolute Gasteiger partial charge is 0.230 e. The van der Waals surface area contributed by atoms with Crippen molar-refractivity contribution in [3.05, 3.63) is 18.2 Å². The van der Waals surface area contributed by atoms with Gasteiger partial charge in [-0.1, -0.05) is 13.0 Å². The molecule has 1 aromatic rings. The number of rotatable bonds is 6. The van der Waals surface area contributed by atoms with E-state index in [-0.39, 0.29) is 42.2 Å². The molecule has 8 heteroatoms. The van der Waals surface area contributed by atoms with E-state index < -0.39 is 0 Å². The van der Waals surface area contributed by atoms with Gasteiger partial charge in [0.1, 0.15) is 0 Å². The molecule has 2 saturated heterocycles. The Bertz CT molecular complexity index is 704. The minimum absolute atomic E-state index is 0. The second-order valence-electron chi connectivity index (χ2n) is 7.71. The monoisotopic (exact) mass is 425 g/mol. The van der Waals surface area contributed by atoms with E-state index in [1.54, 1.807) is 6.07 Å². The standard InChI is InChI=1S/C21H31N3O4.ClH/c1-4-18(24-19(26)9-6-10-20(24)27)23-13-11-22(12-14-23)16-7-5-8-17(25)21(16)28-15(2)3;/h5,7-8,15,18,25H,4,6,9-14H2,1-3H3;1H. The number of carbonyl (C=O) groups is 2. The summed E-state index contributed by atoms with van der Waals surface area (Å²) in [5, 5.41) is 10.2. The van der Waals surface area contributed by atoms with Gasteiger partial charge in [-0.05, 0) is 38.8 Å². The predicted molar refractivity (Wildman–Crippen MR) is 115 cm³/mol. The van der Waals surface area contributed by atoms with Crippen LogP contribution in [-0.2, 0) is 9.59 Å². The molecule has 162 valence electrons. The maximum atomic E-state index is 12.3. The summed E-state index contributed by atoms with van der Waals surface area (Å²) in [5.41, 5.74) is 0.881. The Morgan fingerprint density at radius 2 is 1.69 bits per heavy atom. The van der Waals surface area contributed by atoms with Crippen molar-refractivity contribution in [3.8, 4) is 11.5 Å². The van der Waals surface area contributed by atoms with Gasteiger partial charge in [0, 0.05) is 39.0 Å². The highest BCUT2D eigenvalue weighted by Crippen LogP contribution is 2.38. The molecule has 29 heavy (non-hydrogen) atoms. The van der Waals surface area contributed by atoms with Crippen LogP contribution in [0.3, 0.4) is 0 Å². The number of piperidine rings is 1. The topological polar surface area (TPSA) is 73.3 Å². The van der Waals surface area contributed by atoms with Crippen LogP contribution in [0.25, 0.3) is 0 Å². The van der Waals surface area contributed by atoms with Gasteiger partial charge in [0.2, 0.25) is 11.8 Å². The molecule has 2 aliphatic rings. The number of anilines is 1. The quantitative estimate of drug-likeness (QED) is 0.706. The van der Waals surface area contributed by atoms with E-state index in [1.807, 2.05) is 32.9 Å². The van der Waals surface area contributed by atoms with Gasteiger partial charge in [-0.15, -0.1) is 12.4 Å². The van der Waals surface area contributed by atoms with Crippen LogP contribution in [-0.4, -0.2) is 65.2 Å². The highest BCUT2D eigenvalue weighted by atomic mass is 35.5. The summed E-state index contributed by atoms with van der Waals surface area (Å²) in [6, 6.07) is 5.42. The summed E-state index contributed by atoms with van der Waals surface area (Å²) < 4.78 is 5.85. The largest absolute Gasteiger partial charge is 0.504 e. The molecular weight excluding hydrogens is 394 g/mol. The first kappa shape index (κ1) is 23.3. The Morgan fingerprint density at radius 1 is 1.07 bits per heavy atom. The molecule has 2 amide bonds. The Hall–Kier alpha value is -1.99. The number of aromatic hydroxyl groups is 1. The number of benzene rings is 1. The molecule has 2 fully saturated rings. The van der Waals surface area contributed by atoms with Crippen molar-refractivity contribution in [2.24, 2.45) is 0 Å². The Balaban J connectivity index is 0.00000300. The molecule has 1 unspecified atom stereocenters. The van der Waals surface area contributed by atoms with Crippen LogP contribution in [0.15, 0.2) is 18.2 Å². The number of imide groups is 1. The Morgan fingerprint density at radius 3 is 2.24 bits per heavy atom. The number of hydrogen-bond donors (Lipinski definition) is 1. The third-order valence-corrected chi connectivity index (χ3v) is 5.39.